The molecule has 1 aliphatic heterocycles. The Kier molecular flexibility index (Phi) is 5.02. The van der Waals surface area contributed by atoms with Crippen LogP contribution in [0.4, 0.5) is 19.0 Å². The summed E-state index contributed by atoms with van der Waals surface area (Å²) in [5.41, 5.74) is 2.18. The first-order valence-corrected chi connectivity index (χ1v) is 9.59. The van der Waals surface area contributed by atoms with Gasteiger partial charge in [0.2, 0.25) is 0 Å². The smallest absolute Gasteiger partial charge is 0.370 e. The SMILES string of the molecule is FC(F)(F)c1ccc(-c2nn(-c3cc(Cl)ccc3Cl)c3c2CCCCN3)cc1. The first kappa shape index (κ1) is 19.2. The molecule has 28 heavy (non-hydrogen) atoms. The maximum atomic E-state index is 12.9. The second-order valence-corrected chi connectivity index (χ2v) is 7.49. The maximum Gasteiger partial charge on any atom is 0.416 e. The third-order valence-corrected chi connectivity index (χ3v) is 5.31. The van der Waals surface area contributed by atoms with Gasteiger partial charge in [0.1, 0.15) is 5.82 Å². The zero-order valence-corrected chi connectivity index (χ0v) is 16.2. The summed E-state index contributed by atoms with van der Waals surface area (Å²) in [7, 11) is 0. The van der Waals surface area contributed by atoms with Gasteiger partial charge in [0.15, 0.2) is 0 Å². The first-order valence-electron chi connectivity index (χ1n) is 8.83. The summed E-state index contributed by atoms with van der Waals surface area (Å²) in [5, 5.41) is 9.09. The van der Waals surface area contributed by atoms with Gasteiger partial charge in [-0.25, -0.2) is 4.68 Å². The Morgan fingerprint density at radius 1 is 1.00 bits per heavy atom. The van der Waals surface area contributed by atoms with Gasteiger partial charge in [-0.3, -0.25) is 0 Å². The number of aromatic nitrogens is 2. The number of anilines is 1. The molecule has 0 spiro atoms. The molecule has 1 N–H and O–H groups in total. The van der Waals surface area contributed by atoms with E-state index in [9.17, 15) is 13.2 Å². The summed E-state index contributed by atoms with van der Waals surface area (Å²) in [5.74, 6) is 0.802. The maximum absolute atomic E-state index is 12.9. The van der Waals surface area contributed by atoms with Crippen LogP contribution in [-0.4, -0.2) is 16.3 Å². The molecule has 3 nitrogen and oxygen atoms in total. The molecule has 3 aromatic rings. The molecule has 0 bridgehead atoms. The zero-order valence-electron chi connectivity index (χ0n) is 14.7. The van der Waals surface area contributed by atoms with Gasteiger partial charge < -0.3 is 5.32 Å². The minimum absolute atomic E-state index is 0.486. The van der Waals surface area contributed by atoms with E-state index in [1.54, 1.807) is 22.9 Å². The first-order chi connectivity index (χ1) is 13.3. The van der Waals surface area contributed by atoms with Gasteiger partial charge in [-0.05, 0) is 49.6 Å². The number of halogens is 5. The van der Waals surface area contributed by atoms with Gasteiger partial charge in [-0.15, -0.1) is 0 Å². The van der Waals surface area contributed by atoms with Crippen molar-refractivity contribution in [3.05, 3.63) is 63.6 Å². The number of rotatable bonds is 2. The largest absolute Gasteiger partial charge is 0.416 e. The van der Waals surface area contributed by atoms with E-state index < -0.39 is 11.7 Å². The highest BCUT2D eigenvalue weighted by Crippen LogP contribution is 2.37. The minimum Gasteiger partial charge on any atom is -0.370 e. The molecule has 0 amide bonds. The molecule has 146 valence electrons. The Bertz CT molecular complexity index is 1010. The Morgan fingerprint density at radius 2 is 1.75 bits per heavy atom. The average Bonchev–Trinajstić information content (AvgIpc) is 2.84. The molecule has 0 saturated carbocycles. The fourth-order valence-electron chi connectivity index (χ4n) is 3.37. The van der Waals surface area contributed by atoms with Gasteiger partial charge in [0, 0.05) is 22.7 Å². The normalized spacial score (nSPS) is 14.3. The number of hydrogen-bond acceptors (Lipinski definition) is 2. The van der Waals surface area contributed by atoms with Crippen molar-refractivity contribution in [3.63, 3.8) is 0 Å². The molecule has 0 unspecified atom stereocenters. The third-order valence-electron chi connectivity index (χ3n) is 4.75. The summed E-state index contributed by atoms with van der Waals surface area (Å²) < 4.78 is 40.4. The molecule has 2 heterocycles. The summed E-state index contributed by atoms with van der Waals surface area (Å²) >= 11 is 12.5. The number of benzene rings is 2. The van der Waals surface area contributed by atoms with Crippen LogP contribution in [0.3, 0.4) is 0 Å². The van der Waals surface area contributed by atoms with E-state index in [2.05, 4.69) is 5.32 Å². The molecule has 0 aliphatic carbocycles. The van der Waals surface area contributed by atoms with E-state index in [0.717, 1.165) is 49.3 Å². The van der Waals surface area contributed by atoms with E-state index >= 15 is 0 Å². The van der Waals surface area contributed by atoms with E-state index in [1.807, 2.05) is 0 Å². The molecule has 1 aliphatic rings. The van der Waals surface area contributed by atoms with Crippen LogP contribution < -0.4 is 5.32 Å². The number of nitrogens with zero attached hydrogens (tertiary/aromatic N) is 2. The standard InChI is InChI=1S/C20H16Cl2F3N3/c21-14-8-9-16(22)17(11-14)28-19-15(3-1-2-10-26-19)18(27-28)12-4-6-13(7-5-12)20(23,24)25/h4-9,11,26H,1-3,10H2. The Morgan fingerprint density at radius 3 is 2.46 bits per heavy atom. The van der Waals surface area contributed by atoms with Crippen LogP contribution >= 0.6 is 23.2 Å². The molecule has 8 heteroatoms. The van der Waals surface area contributed by atoms with Crippen molar-refractivity contribution in [3.8, 4) is 16.9 Å². The lowest BCUT2D eigenvalue weighted by Gasteiger charge is -2.11. The number of fused-ring (bicyclic) bond motifs is 1. The summed E-state index contributed by atoms with van der Waals surface area (Å²) in [6.45, 7) is 0.781. The highest BCUT2D eigenvalue weighted by molar-refractivity contribution is 6.34. The number of alkyl halides is 3. The number of nitrogens with one attached hydrogen (secondary N) is 1. The van der Waals surface area contributed by atoms with Crippen LogP contribution in [0.2, 0.25) is 10.0 Å². The summed E-state index contributed by atoms with van der Waals surface area (Å²) in [6, 6.07) is 10.2. The van der Waals surface area contributed by atoms with Gasteiger partial charge in [0.25, 0.3) is 0 Å². The van der Waals surface area contributed by atoms with E-state index in [-0.39, 0.29) is 0 Å². The molecule has 2 aromatic carbocycles. The average molecular weight is 426 g/mol. The van der Waals surface area contributed by atoms with Gasteiger partial charge in [-0.1, -0.05) is 35.3 Å². The van der Waals surface area contributed by atoms with Crippen molar-refractivity contribution in [2.75, 3.05) is 11.9 Å². The second-order valence-electron chi connectivity index (χ2n) is 6.64. The van der Waals surface area contributed by atoms with E-state index in [4.69, 9.17) is 28.3 Å². The van der Waals surface area contributed by atoms with Crippen LogP contribution in [0.5, 0.6) is 0 Å². The van der Waals surface area contributed by atoms with Crippen molar-refractivity contribution in [1.29, 1.82) is 0 Å². The predicted octanol–water partition coefficient (Wildman–Crippen LogP) is 6.61. The Hall–Kier alpha value is -2.18. The Balaban J connectivity index is 1.87. The lowest BCUT2D eigenvalue weighted by atomic mass is 10.0. The Labute approximate surface area is 170 Å². The van der Waals surface area contributed by atoms with Crippen LogP contribution in [0.15, 0.2) is 42.5 Å². The second kappa shape index (κ2) is 7.33. The molecule has 0 atom stereocenters. The van der Waals surface area contributed by atoms with Crippen LogP contribution in [0.25, 0.3) is 16.9 Å². The van der Waals surface area contributed by atoms with Crippen molar-refractivity contribution in [1.82, 2.24) is 9.78 Å². The van der Waals surface area contributed by atoms with Crippen molar-refractivity contribution < 1.29 is 13.2 Å². The van der Waals surface area contributed by atoms with Crippen LogP contribution in [0, 0.1) is 0 Å². The number of hydrogen-bond donors (Lipinski definition) is 1. The molecule has 1 aromatic heterocycles. The summed E-state index contributed by atoms with van der Waals surface area (Å²) in [6.07, 6.45) is -1.64. The van der Waals surface area contributed by atoms with Gasteiger partial charge in [-0.2, -0.15) is 18.3 Å². The highest BCUT2D eigenvalue weighted by atomic mass is 35.5. The highest BCUT2D eigenvalue weighted by Gasteiger charge is 2.30. The fourth-order valence-corrected chi connectivity index (χ4v) is 3.74. The summed E-state index contributed by atoms with van der Waals surface area (Å²) in [4.78, 5) is 0. The molecular weight excluding hydrogens is 410 g/mol. The minimum atomic E-state index is -4.37. The van der Waals surface area contributed by atoms with E-state index in [1.165, 1.54) is 12.1 Å². The van der Waals surface area contributed by atoms with Gasteiger partial charge >= 0.3 is 6.18 Å². The van der Waals surface area contributed by atoms with Crippen LogP contribution in [-0.2, 0) is 12.6 Å². The molecular formula is C20H16Cl2F3N3. The van der Waals surface area contributed by atoms with Crippen LogP contribution in [0.1, 0.15) is 24.0 Å². The molecule has 0 radical (unpaired) electrons. The third kappa shape index (κ3) is 3.59. The predicted molar refractivity (Wildman–Crippen MR) is 105 cm³/mol. The van der Waals surface area contributed by atoms with Crippen molar-refractivity contribution in [2.24, 2.45) is 0 Å². The van der Waals surface area contributed by atoms with Gasteiger partial charge in [0.05, 0.1) is 22.0 Å². The lowest BCUT2D eigenvalue weighted by Crippen LogP contribution is -2.07. The quantitative estimate of drug-likeness (QED) is 0.500. The zero-order chi connectivity index (χ0) is 19.9. The fraction of sp³-hybridized carbons (Fsp3) is 0.250. The van der Waals surface area contributed by atoms with Crippen molar-refractivity contribution in [2.45, 2.75) is 25.4 Å². The molecule has 0 saturated heterocycles. The lowest BCUT2D eigenvalue weighted by molar-refractivity contribution is -0.137. The monoisotopic (exact) mass is 425 g/mol. The topological polar surface area (TPSA) is 29.9 Å². The molecule has 4 rings (SSSR count). The van der Waals surface area contributed by atoms with E-state index in [0.29, 0.717) is 27.0 Å². The molecule has 0 fully saturated rings. The van der Waals surface area contributed by atoms with Crippen molar-refractivity contribution >= 4 is 29.0 Å².